The fraction of sp³-hybridized carbons (Fsp3) is 0.800. The van der Waals surface area contributed by atoms with Gasteiger partial charge in [-0.1, -0.05) is 13.8 Å². The molecule has 1 fully saturated rings. The average molecular weight is 294 g/mol. The Morgan fingerprint density at radius 2 is 2.05 bits per heavy atom. The molecule has 1 saturated heterocycles. The lowest BCUT2D eigenvalue weighted by Gasteiger charge is -2.33. The highest BCUT2D eigenvalue weighted by Crippen LogP contribution is 2.32. The van der Waals surface area contributed by atoms with Gasteiger partial charge in [-0.15, -0.1) is 11.3 Å². The van der Waals surface area contributed by atoms with E-state index in [2.05, 4.69) is 29.0 Å². The third-order valence-corrected chi connectivity index (χ3v) is 5.72. The molecule has 3 heterocycles. The standard InChI is InChI=1S/C15H26N4S/c1-3-13(19-9-6-16-7-10-19)15-17-12-5-8-18(4-2)11-14(12)20-15/h13,16H,3-11H2,1-2H3. The molecule has 0 amide bonds. The number of hydrogen-bond donors (Lipinski definition) is 1. The molecular weight excluding hydrogens is 268 g/mol. The van der Waals surface area contributed by atoms with Crippen LogP contribution in [-0.4, -0.2) is 54.1 Å². The van der Waals surface area contributed by atoms with E-state index in [1.165, 1.54) is 28.5 Å². The van der Waals surface area contributed by atoms with Crippen molar-refractivity contribution < 1.29 is 0 Å². The minimum atomic E-state index is 0.530. The molecule has 0 aromatic carbocycles. The van der Waals surface area contributed by atoms with Crippen molar-refractivity contribution in [2.75, 3.05) is 39.3 Å². The van der Waals surface area contributed by atoms with Gasteiger partial charge in [-0.25, -0.2) is 4.98 Å². The van der Waals surface area contributed by atoms with Gasteiger partial charge in [0, 0.05) is 50.6 Å². The van der Waals surface area contributed by atoms with Crippen molar-refractivity contribution in [2.24, 2.45) is 0 Å². The zero-order valence-electron chi connectivity index (χ0n) is 12.7. The SMILES string of the molecule is CCC(c1nc2c(s1)CN(CC)CC2)N1CCNCC1. The van der Waals surface area contributed by atoms with Gasteiger partial charge in [0.2, 0.25) is 0 Å². The molecule has 2 aliphatic rings. The Balaban J connectivity index is 1.77. The summed E-state index contributed by atoms with van der Waals surface area (Å²) < 4.78 is 0. The highest BCUT2D eigenvalue weighted by atomic mass is 32.1. The third kappa shape index (κ3) is 2.91. The lowest BCUT2D eigenvalue weighted by Crippen LogP contribution is -2.45. The normalized spacial score (nSPS) is 22.7. The number of aromatic nitrogens is 1. The van der Waals surface area contributed by atoms with Gasteiger partial charge in [-0.05, 0) is 13.0 Å². The summed E-state index contributed by atoms with van der Waals surface area (Å²) in [5.41, 5.74) is 1.38. The summed E-state index contributed by atoms with van der Waals surface area (Å²) in [5, 5.41) is 4.80. The molecule has 0 spiro atoms. The number of nitrogens with zero attached hydrogens (tertiary/aromatic N) is 3. The van der Waals surface area contributed by atoms with E-state index in [0.29, 0.717) is 6.04 Å². The van der Waals surface area contributed by atoms with Crippen LogP contribution in [0.5, 0.6) is 0 Å². The summed E-state index contributed by atoms with van der Waals surface area (Å²) in [4.78, 5) is 11.6. The minimum Gasteiger partial charge on any atom is -0.314 e. The van der Waals surface area contributed by atoms with Crippen molar-refractivity contribution in [3.05, 3.63) is 15.6 Å². The summed E-state index contributed by atoms with van der Waals surface area (Å²) in [6, 6.07) is 0.530. The Morgan fingerprint density at radius 1 is 1.25 bits per heavy atom. The van der Waals surface area contributed by atoms with E-state index in [0.717, 1.165) is 45.7 Å². The fourth-order valence-electron chi connectivity index (χ4n) is 3.26. The maximum Gasteiger partial charge on any atom is 0.110 e. The summed E-state index contributed by atoms with van der Waals surface area (Å²) in [7, 11) is 0. The first-order valence-electron chi connectivity index (χ1n) is 7.97. The van der Waals surface area contributed by atoms with Crippen molar-refractivity contribution in [1.82, 2.24) is 20.1 Å². The van der Waals surface area contributed by atoms with Crippen LogP contribution in [0.2, 0.25) is 0 Å². The molecule has 112 valence electrons. The minimum absolute atomic E-state index is 0.530. The Hall–Kier alpha value is -0.490. The zero-order chi connectivity index (χ0) is 13.9. The maximum atomic E-state index is 5.00. The molecule has 1 N–H and O–H groups in total. The van der Waals surface area contributed by atoms with E-state index in [4.69, 9.17) is 4.98 Å². The number of thiazole rings is 1. The summed E-state index contributed by atoms with van der Waals surface area (Å²) in [6.07, 6.45) is 2.31. The van der Waals surface area contributed by atoms with Gasteiger partial charge in [0.1, 0.15) is 5.01 Å². The van der Waals surface area contributed by atoms with Crippen molar-refractivity contribution in [2.45, 2.75) is 39.3 Å². The van der Waals surface area contributed by atoms with Crippen LogP contribution in [0.1, 0.15) is 41.9 Å². The average Bonchev–Trinajstić information content (AvgIpc) is 2.91. The maximum absolute atomic E-state index is 5.00. The van der Waals surface area contributed by atoms with Gasteiger partial charge in [-0.2, -0.15) is 0 Å². The summed E-state index contributed by atoms with van der Waals surface area (Å²) >= 11 is 1.97. The van der Waals surface area contributed by atoms with Gasteiger partial charge in [-0.3, -0.25) is 9.80 Å². The van der Waals surface area contributed by atoms with Crippen LogP contribution in [0.15, 0.2) is 0 Å². The van der Waals surface area contributed by atoms with E-state index in [1.54, 1.807) is 0 Å². The van der Waals surface area contributed by atoms with Crippen molar-refractivity contribution in [3.8, 4) is 0 Å². The van der Waals surface area contributed by atoms with Gasteiger partial charge < -0.3 is 5.32 Å². The molecule has 3 rings (SSSR count). The lowest BCUT2D eigenvalue weighted by molar-refractivity contribution is 0.169. The first-order valence-corrected chi connectivity index (χ1v) is 8.79. The van der Waals surface area contributed by atoms with Crippen LogP contribution in [0.25, 0.3) is 0 Å². The van der Waals surface area contributed by atoms with Gasteiger partial charge in [0.05, 0.1) is 11.7 Å². The highest BCUT2D eigenvalue weighted by molar-refractivity contribution is 7.11. The number of piperazine rings is 1. The molecule has 1 aromatic heterocycles. The van der Waals surface area contributed by atoms with Gasteiger partial charge in [0.25, 0.3) is 0 Å². The molecule has 1 aromatic rings. The van der Waals surface area contributed by atoms with E-state index >= 15 is 0 Å². The van der Waals surface area contributed by atoms with E-state index < -0.39 is 0 Å². The molecule has 0 radical (unpaired) electrons. The predicted octanol–water partition coefficient (Wildman–Crippen LogP) is 1.88. The predicted molar refractivity (Wildman–Crippen MR) is 84.2 cm³/mol. The van der Waals surface area contributed by atoms with Crippen LogP contribution in [0.4, 0.5) is 0 Å². The fourth-order valence-corrected chi connectivity index (χ4v) is 4.64. The molecule has 5 heteroatoms. The Morgan fingerprint density at radius 3 is 2.75 bits per heavy atom. The number of nitrogens with one attached hydrogen (secondary N) is 1. The summed E-state index contributed by atoms with van der Waals surface area (Å²) in [6.45, 7) is 12.5. The topological polar surface area (TPSA) is 31.4 Å². The van der Waals surface area contributed by atoms with Crippen molar-refractivity contribution in [1.29, 1.82) is 0 Å². The quantitative estimate of drug-likeness (QED) is 0.919. The Kier molecular flexibility index (Phi) is 4.71. The number of fused-ring (bicyclic) bond motifs is 1. The molecule has 4 nitrogen and oxygen atoms in total. The smallest absolute Gasteiger partial charge is 0.110 e. The molecule has 20 heavy (non-hydrogen) atoms. The Bertz CT molecular complexity index is 439. The monoisotopic (exact) mass is 294 g/mol. The second-order valence-corrected chi connectivity index (χ2v) is 6.87. The van der Waals surface area contributed by atoms with Gasteiger partial charge >= 0.3 is 0 Å². The summed E-state index contributed by atoms with van der Waals surface area (Å²) in [5.74, 6) is 0. The zero-order valence-corrected chi connectivity index (χ0v) is 13.5. The molecule has 1 atom stereocenters. The van der Waals surface area contributed by atoms with Crippen molar-refractivity contribution in [3.63, 3.8) is 0 Å². The second kappa shape index (κ2) is 6.52. The molecule has 2 aliphatic heterocycles. The highest BCUT2D eigenvalue weighted by Gasteiger charge is 2.26. The van der Waals surface area contributed by atoms with Crippen molar-refractivity contribution >= 4 is 11.3 Å². The van der Waals surface area contributed by atoms with E-state index in [-0.39, 0.29) is 0 Å². The number of hydrogen-bond acceptors (Lipinski definition) is 5. The van der Waals surface area contributed by atoms with E-state index in [1.807, 2.05) is 11.3 Å². The largest absolute Gasteiger partial charge is 0.314 e. The third-order valence-electron chi connectivity index (χ3n) is 4.54. The van der Waals surface area contributed by atoms with Gasteiger partial charge in [0.15, 0.2) is 0 Å². The Labute approximate surface area is 126 Å². The number of likely N-dealkylation sites (N-methyl/N-ethyl adjacent to an activating group) is 1. The second-order valence-electron chi connectivity index (χ2n) is 5.75. The molecule has 0 saturated carbocycles. The first-order chi connectivity index (χ1) is 9.81. The van der Waals surface area contributed by atoms with Crippen LogP contribution < -0.4 is 5.32 Å². The number of rotatable bonds is 4. The molecule has 0 aliphatic carbocycles. The molecular formula is C15H26N4S. The lowest BCUT2D eigenvalue weighted by atomic mass is 10.1. The van der Waals surface area contributed by atoms with E-state index in [9.17, 15) is 0 Å². The molecule has 0 bridgehead atoms. The van der Waals surface area contributed by atoms with Crippen LogP contribution in [-0.2, 0) is 13.0 Å². The van der Waals surface area contributed by atoms with Crippen LogP contribution >= 0.6 is 11.3 Å². The van der Waals surface area contributed by atoms with Crippen LogP contribution in [0, 0.1) is 0 Å². The molecule has 1 unspecified atom stereocenters. The first kappa shape index (κ1) is 14.4. The van der Waals surface area contributed by atoms with Crippen LogP contribution in [0.3, 0.4) is 0 Å².